The maximum atomic E-state index is 12.8. The molecule has 0 amide bonds. The molecule has 0 aliphatic heterocycles. The van der Waals surface area contributed by atoms with Gasteiger partial charge in [-0.1, -0.05) is 30.3 Å². The number of nitrogens with one attached hydrogen (secondary N) is 2. The van der Waals surface area contributed by atoms with Gasteiger partial charge in [-0.15, -0.1) is 0 Å². The Hall–Kier alpha value is -3.48. The molecule has 1 unspecified atom stereocenters. The van der Waals surface area contributed by atoms with Crippen molar-refractivity contribution in [1.29, 1.82) is 0 Å². The van der Waals surface area contributed by atoms with Crippen molar-refractivity contribution in [3.05, 3.63) is 75.9 Å². The van der Waals surface area contributed by atoms with Crippen LogP contribution in [0, 0.1) is 17.0 Å². The van der Waals surface area contributed by atoms with Gasteiger partial charge in [-0.2, -0.15) is 18.3 Å². The summed E-state index contributed by atoms with van der Waals surface area (Å²) in [6.07, 6.45) is 0. The van der Waals surface area contributed by atoms with Gasteiger partial charge in [0.05, 0.1) is 9.82 Å². The van der Waals surface area contributed by atoms with Gasteiger partial charge in [-0.05, 0) is 24.6 Å². The van der Waals surface area contributed by atoms with Crippen LogP contribution in [0.25, 0.3) is 0 Å². The second-order valence-electron chi connectivity index (χ2n) is 6.15. The van der Waals surface area contributed by atoms with Crippen LogP contribution in [0.1, 0.15) is 23.3 Å². The highest BCUT2D eigenvalue weighted by atomic mass is 32.2. The van der Waals surface area contributed by atoms with Gasteiger partial charge >= 0.3 is 5.51 Å². The predicted molar refractivity (Wildman–Crippen MR) is 99.4 cm³/mol. The van der Waals surface area contributed by atoms with E-state index in [4.69, 9.17) is 0 Å². The van der Waals surface area contributed by atoms with E-state index in [9.17, 15) is 31.7 Å². The number of nitro groups is 1. The quantitative estimate of drug-likeness (QED) is 0.442. The van der Waals surface area contributed by atoms with Crippen LogP contribution in [0.5, 0.6) is 0 Å². The fourth-order valence-electron chi connectivity index (χ4n) is 2.67. The Morgan fingerprint density at radius 1 is 1.17 bits per heavy atom. The average molecular weight is 441 g/mol. The number of aromatic amines is 1. The molecular formula is C17H14F3N5O4S. The molecule has 13 heteroatoms. The molecule has 0 aliphatic rings. The van der Waals surface area contributed by atoms with Gasteiger partial charge in [0, 0.05) is 6.07 Å². The van der Waals surface area contributed by atoms with Gasteiger partial charge in [0.15, 0.2) is 5.82 Å². The van der Waals surface area contributed by atoms with Gasteiger partial charge in [0.25, 0.3) is 15.5 Å². The van der Waals surface area contributed by atoms with Gasteiger partial charge in [0.2, 0.25) is 0 Å². The van der Waals surface area contributed by atoms with Crippen molar-refractivity contribution < 1.29 is 26.5 Å². The van der Waals surface area contributed by atoms with E-state index in [0.29, 0.717) is 23.5 Å². The Labute approximate surface area is 168 Å². The molecule has 0 spiro atoms. The summed E-state index contributed by atoms with van der Waals surface area (Å²) in [5.74, 6) is 0.717. The van der Waals surface area contributed by atoms with Crippen LogP contribution in [0.4, 0.5) is 24.5 Å². The molecule has 2 aromatic carbocycles. The lowest BCUT2D eigenvalue weighted by Crippen LogP contribution is -2.23. The van der Waals surface area contributed by atoms with E-state index in [1.54, 1.807) is 37.3 Å². The minimum atomic E-state index is -5.74. The first kappa shape index (κ1) is 21.2. The maximum Gasteiger partial charge on any atom is 0.501 e. The average Bonchev–Trinajstić information content (AvgIpc) is 3.11. The first-order chi connectivity index (χ1) is 14.0. The number of aromatic nitrogens is 3. The molecule has 158 valence electrons. The normalized spacial score (nSPS) is 13.1. The molecule has 1 heterocycles. The Kier molecular flexibility index (Phi) is 5.48. The third kappa shape index (κ3) is 4.10. The second-order valence-corrected chi connectivity index (χ2v) is 8.09. The number of alkyl halides is 3. The van der Waals surface area contributed by atoms with Gasteiger partial charge < -0.3 is 5.32 Å². The molecule has 3 rings (SSSR count). The molecule has 2 N–H and O–H groups in total. The molecule has 0 saturated heterocycles. The van der Waals surface area contributed by atoms with E-state index >= 15 is 0 Å². The SMILES string of the molecule is Cc1nc(C(Nc2ccc(S(=O)(=O)C(F)(F)F)cc2[N+](=O)[O-])c2ccccc2)n[nH]1. The predicted octanol–water partition coefficient (Wildman–Crippen LogP) is 3.52. The van der Waals surface area contributed by atoms with Crippen LogP contribution in [-0.4, -0.2) is 34.0 Å². The van der Waals surface area contributed by atoms with Gasteiger partial charge in [0.1, 0.15) is 17.6 Å². The number of aryl methyl sites for hydroxylation is 1. The van der Waals surface area contributed by atoms with Crippen molar-refractivity contribution in [2.45, 2.75) is 23.4 Å². The Morgan fingerprint density at radius 3 is 2.37 bits per heavy atom. The zero-order chi connectivity index (χ0) is 22.1. The Bertz CT molecular complexity index is 1180. The van der Waals surface area contributed by atoms with Crippen molar-refractivity contribution >= 4 is 21.2 Å². The third-order valence-corrected chi connectivity index (χ3v) is 5.57. The molecule has 9 nitrogen and oxygen atoms in total. The Balaban J connectivity index is 2.08. The van der Waals surface area contributed by atoms with Crippen LogP contribution >= 0.6 is 0 Å². The fraction of sp³-hybridized carbons (Fsp3) is 0.176. The summed E-state index contributed by atoms with van der Waals surface area (Å²) < 4.78 is 61.7. The van der Waals surface area contributed by atoms with E-state index in [-0.39, 0.29) is 11.5 Å². The number of benzene rings is 2. The Morgan fingerprint density at radius 2 is 1.83 bits per heavy atom. The summed E-state index contributed by atoms with van der Waals surface area (Å²) in [7, 11) is -5.74. The van der Waals surface area contributed by atoms with Gasteiger partial charge in [-0.3, -0.25) is 15.2 Å². The lowest BCUT2D eigenvalue weighted by molar-refractivity contribution is -0.384. The van der Waals surface area contributed by atoms with Crippen molar-refractivity contribution in [3.8, 4) is 0 Å². The van der Waals surface area contributed by atoms with Gasteiger partial charge in [-0.25, -0.2) is 13.4 Å². The number of H-pyrrole nitrogens is 1. The number of hydrogen-bond acceptors (Lipinski definition) is 7. The summed E-state index contributed by atoms with van der Waals surface area (Å²) in [5.41, 5.74) is -6.00. The molecule has 0 aliphatic carbocycles. The van der Waals surface area contributed by atoms with Crippen molar-refractivity contribution in [1.82, 2.24) is 15.2 Å². The van der Waals surface area contributed by atoms with E-state index in [1.165, 1.54) is 0 Å². The highest BCUT2D eigenvalue weighted by molar-refractivity contribution is 7.92. The molecule has 1 aromatic heterocycles. The standard InChI is InChI=1S/C17H14F3N5O4S/c1-10-21-16(24-23-10)15(11-5-3-2-4-6-11)22-13-8-7-12(9-14(13)25(26)27)30(28,29)17(18,19)20/h2-9,15,22H,1H3,(H,21,23,24). The van der Waals surface area contributed by atoms with E-state index in [0.717, 1.165) is 6.07 Å². The van der Waals surface area contributed by atoms with Crippen LogP contribution in [0.3, 0.4) is 0 Å². The summed E-state index contributed by atoms with van der Waals surface area (Å²) in [4.78, 5) is 13.5. The number of nitro benzene ring substituents is 1. The van der Waals surface area contributed by atoms with Crippen LogP contribution in [0.2, 0.25) is 0 Å². The highest BCUT2D eigenvalue weighted by Crippen LogP contribution is 2.36. The van der Waals surface area contributed by atoms with Crippen LogP contribution in [-0.2, 0) is 9.84 Å². The lowest BCUT2D eigenvalue weighted by atomic mass is 10.1. The lowest BCUT2D eigenvalue weighted by Gasteiger charge is -2.18. The summed E-state index contributed by atoms with van der Waals surface area (Å²) in [6, 6.07) is 9.75. The topological polar surface area (TPSA) is 131 Å². The number of anilines is 1. The number of sulfone groups is 1. The second kappa shape index (κ2) is 7.74. The zero-order valence-corrected chi connectivity index (χ0v) is 16.0. The molecular weight excluding hydrogens is 427 g/mol. The minimum Gasteiger partial charge on any atom is -0.366 e. The van der Waals surface area contributed by atoms with E-state index < -0.39 is 36.9 Å². The zero-order valence-electron chi connectivity index (χ0n) is 15.2. The van der Waals surface area contributed by atoms with Crippen LogP contribution in [0.15, 0.2) is 53.4 Å². The summed E-state index contributed by atoms with van der Waals surface area (Å²) >= 11 is 0. The monoisotopic (exact) mass is 441 g/mol. The molecule has 0 saturated carbocycles. The molecule has 30 heavy (non-hydrogen) atoms. The number of nitrogens with zero attached hydrogens (tertiary/aromatic N) is 3. The smallest absolute Gasteiger partial charge is 0.366 e. The molecule has 0 fully saturated rings. The fourth-order valence-corrected chi connectivity index (χ4v) is 3.45. The van der Waals surface area contributed by atoms with Crippen LogP contribution < -0.4 is 5.32 Å². The first-order valence-corrected chi connectivity index (χ1v) is 9.79. The molecule has 1 atom stereocenters. The van der Waals surface area contributed by atoms with Crippen molar-refractivity contribution in [2.75, 3.05) is 5.32 Å². The maximum absolute atomic E-state index is 12.8. The number of halogens is 3. The van der Waals surface area contributed by atoms with E-state index in [2.05, 4.69) is 20.5 Å². The van der Waals surface area contributed by atoms with E-state index in [1.807, 2.05) is 0 Å². The van der Waals surface area contributed by atoms with Crippen molar-refractivity contribution in [2.24, 2.45) is 0 Å². The molecule has 0 radical (unpaired) electrons. The minimum absolute atomic E-state index is 0.197. The molecule has 0 bridgehead atoms. The number of rotatable bonds is 6. The first-order valence-electron chi connectivity index (χ1n) is 8.31. The third-order valence-electron chi connectivity index (χ3n) is 4.09. The van der Waals surface area contributed by atoms with Crippen molar-refractivity contribution in [3.63, 3.8) is 0 Å². The summed E-state index contributed by atoms with van der Waals surface area (Å²) in [6.45, 7) is 1.65. The highest BCUT2D eigenvalue weighted by Gasteiger charge is 2.47. The summed E-state index contributed by atoms with van der Waals surface area (Å²) in [5, 5.41) is 21.0. The largest absolute Gasteiger partial charge is 0.501 e. The number of hydrogen-bond donors (Lipinski definition) is 2. The molecule has 3 aromatic rings.